The van der Waals surface area contributed by atoms with Crippen molar-refractivity contribution in [3.05, 3.63) is 40.3 Å². The number of rotatable bonds is 3. The van der Waals surface area contributed by atoms with Crippen molar-refractivity contribution in [1.29, 1.82) is 10.5 Å². The Morgan fingerprint density at radius 3 is 2.19 bits per heavy atom. The molecule has 0 atom stereocenters. The highest BCUT2D eigenvalue weighted by molar-refractivity contribution is 5.71. The van der Waals surface area contributed by atoms with Gasteiger partial charge in [-0.3, -0.25) is 0 Å². The van der Waals surface area contributed by atoms with E-state index in [9.17, 15) is 4.91 Å². The number of nitroso groups, excluding NO2 is 1. The summed E-state index contributed by atoms with van der Waals surface area (Å²) in [7, 11) is 1.37. The predicted molar refractivity (Wildman–Crippen MR) is 57.1 cm³/mol. The largest absolute Gasteiger partial charge is 0.494 e. The molecule has 0 saturated heterocycles. The topological polar surface area (TPSA) is 86.2 Å². The number of ether oxygens (including phenoxy) is 1. The molecule has 0 saturated carbocycles. The third kappa shape index (κ3) is 2.23. The first-order chi connectivity index (χ1) is 7.76. The van der Waals surface area contributed by atoms with Gasteiger partial charge < -0.3 is 4.74 Å². The predicted octanol–water partition coefficient (Wildman–Crippen LogP) is 2.49. The van der Waals surface area contributed by atoms with Crippen molar-refractivity contribution in [1.82, 2.24) is 0 Å². The molecule has 0 spiro atoms. The van der Waals surface area contributed by atoms with E-state index >= 15 is 0 Å². The van der Waals surface area contributed by atoms with E-state index in [4.69, 9.17) is 15.3 Å². The maximum absolute atomic E-state index is 10.2. The fourth-order valence-corrected chi connectivity index (χ4v) is 1.16. The molecule has 1 aromatic carbocycles. The van der Waals surface area contributed by atoms with Gasteiger partial charge in [-0.15, -0.1) is 4.91 Å². The molecular formula is C11H7N3O2. The molecule has 0 amide bonds. The van der Waals surface area contributed by atoms with Gasteiger partial charge in [-0.05, 0) is 29.4 Å². The molecule has 1 aromatic rings. The highest BCUT2D eigenvalue weighted by Gasteiger charge is 2.09. The maximum atomic E-state index is 10.2. The van der Waals surface area contributed by atoms with Crippen molar-refractivity contribution in [2.24, 2.45) is 5.18 Å². The van der Waals surface area contributed by atoms with Gasteiger partial charge in [0.2, 0.25) is 0 Å². The molecule has 0 fully saturated rings. The second-order valence-corrected chi connectivity index (χ2v) is 2.77. The normalized spacial score (nSPS) is 8.44. The first kappa shape index (κ1) is 11.4. The molecule has 0 aliphatic heterocycles. The smallest absolute Gasteiger partial charge is 0.172 e. The van der Waals surface area contributed by atoms with Gasteiger partial charge in [0.25, 0.3) is 0 Å². The van der Waals surface area contributed by atoms with E-state index in [0.29, 0.717) is 5.56 Å². The van der Waals surface area contributed by atoms with Crippen LogP contribution in [0.5, 0.6) is 0 Å². The van der Waals surface area contributed by atoms with E-state index in [1.54, 1.807) is 24.3 Å². The van der Waals surface area contributed by atoms with Gasteiger partial charge in [-0.1, -0.05) is 0 Å². The molecule has 0 aliphatic carbocycles. The summed E-state index contributed by atoms with van der Waals surface area (Å²) < 4.78 is 4.98. The van der Waals surface area contributed by atoms with Crippen molar-refractivity contribution in [2.75, 3.05) is 7.11 Å². The van der Waals surface area contributed by atoms with Crippen molar-refractivity contribution in [2.45, 2.75) is 0 Å². The standard InChI is InChI=1S/C11H7N3O2/c1-16-11(9(6-12)7-13)8-2-4-10(14-15)5-3-8/h2-5H,1H3. The van der Waals surface area contributed by atoms with Crippen LogP contribution >= 0.6 is 0 Å². The zero-order valence-electron chi connectivity index (χ0n) is 8.47. The summed E-state index contributed by atoms with van der Waals surface area (Å²) in [6.45, 7) is 0. The minimum Gasteiger partial charge on any atom is -0.494 e. The van der Waals surface area contributed by atoms with Crippen LogP contribution in [0.4, 0.5) is 5.69 Å². The fourth-order valence-electron chi connectivity index (χ4n) is 1.16. The van der Waals surface area contributed by atoms with Crippen LogP contribution in [-0.2, 0) is 4.74 Å². The number of benzene rings is 1. The summed E-state index contributed by atoms with van der Waals surface area (Å²) in [5.41, 5.74) is 0.706. The Morgan fingerprint density at radius 2 is 1.81 bits per heavy atom. The molecule has 0 heterocycles. The molecule has 0 aliphatic rings. The van der Waals surface area contributed by atoms with E-state index in [1.807, 2.05) is 0 Å². The summed E-state index contributed by atoms with van der Waals surface area (Å²) in [5.74, 6) is 0.183. The average molecular weight is 213 g/mol. The lowest BCUT2D eigenvalue weighted by Crippen LogP contribution is -1.91. The molecule has 0 radical (unpaired) electrons. The van der Waals surface area contributed by atoms with Crippen molar-refractivity contribution in [3.8, 4) is 12.1 Å². The Hall–Kier alpha value is -2.66. The molecule has 0 bridgehead atoms. The number of nitriles is 2. The fraction of sp³-hybridized carbons (Fsp3) is 0.0909. The number of methoxy groups -OCH3 is 1. The van der Waals surface area contributed by atoms with E-state index < -0.39 is 0 Å². The van der Waals surface area contributed by atoms with Crippen molar-refractivity contribution >= 4 is 11.4 Å². The molecule has 0 N–H and O–H groups in total. The van der Waals surface area contributed by atoms with Gasteiger partial charge in [0.05, 0.1) is 7.11 Å². The summed E-state index contributed by atoms with van der Waals surface area (Å²) in [6.07, 6.45) is 0. The van der Waals surface area contributed by atoms with Gasteiger partial charge in [0.1, 0.15) is 17.8 Å². The summed E-state index contributed by atoms with van der Waals surface area (Å²) in [5, 5.41) is 20.2. The molecule has 78 valence electrons. The molecule has 5 nitrogen and oxygen atoms in total. The van der Waals surface area contributed by atoms with Crippen LogP contribution < -0.4 is 0 Å². The molecule has 1 rings (SSSR count). The molecule has 5 heteroatoms. The first-order valence-corrected chi connectivity index (χ1v) is 4.29. The van der Waals surface area contributed by atoms with E-state index in [1.165, 1.54) is 19.2 Å². The SMILES string of the molecule is COC(=C(C#N)C#N)c1ccc(N=O)cc1. The number of nitrogens with zero attached hydrogens (tertiary/aromatic N) is 3. The minimum absolute atomic E-state index is 0.116. The van der Waals surface area contributed by atoms with Crippen molar-refractivity contribution < 1.29 is 4.74 Å². The van der Waals surface area contributed by atoms with Gasteiger partial charge >= 0.3 is 0 Å². The zero-order chi connectivity index (χ0) is 12.0. The Balaban J connectivity index is 3.26. The summed E-state index contributed by atoms with van der Waals surface area (Å²) >= 11 is 0. The van der Waals surface area contributed by atoms with Gasteiger partial charge in [-0.25, -0.2) is 0 Å². The number of hydrogen-bond acceptors (Lipinski definition) is 5. The Kier molecular flexibility index (Phi) is 3.77. The van der Waals surface area contributed by atoms with Gasteiger partial charge in [-0.2, -0.15) is 10.5 Å². The van der Waals surface area contributed by atoms with E-state index in [-0.39, 0.29) is 17.0 Å². The van der Waals surface area contributed by atoms with Crippen LogP contribution in [0.15, 0.2) is 35.0 Å². The number of hydrogen-bond donors (Lipinski definition) is 0. The van der Waals surface area contributed by atoms with Crippen LogP contribution in [-0.4, -0.2) is 7.11 Å². The van der Waals surface area contributed by atoms with E-state index in [2.05, 4.69) is 5.18 Å². The van der Waals surface area contributed by atoms with Crippen molar-refractivity contribution in [3.63, 3.8) is 0 Å². The Bertz CT molecular complexity index is 488. The molecular weight excluding hydrogens is 206 g/mol. The number of allylic oxidation sites excluding steroid dienone is 1. The zero-order valence-corrected chi connectivity index (χ0v) is 8.47. The lowest BCUT2D eigenvalue weighted by atomic mass is 10.1. The second kappa shape index (κ2) is 5.28. The van der Waals surface area contributed by atoms with E-state index in [0.717, 1.165) is 0 Å². The highest BCUT2D eigenvalue weighted by atomic mass is 16.5. The van der Waals surface area contributed by atoms with Crippen LogP contribution in [0.25, 0.3) is 5.76 Å². The summed E-state index contributed by atoms with van der Waals surface area (Å²) in [6, 6.07) is 9.56. The minimum atomic E-state index is -0.116. The van der Waals surface area contributed by atoms with Gasteiger partial charge in [0, 0.05) is 5.56 Å². The Morgan fingerprint density at radius 1 is 1.25 bits per heavy atom. The summed E-state index contributed by atoms with van der Waals surface area (Å²) in [4.78, 5) is 10.2. The third-order valence-electron chi connectivity index (χ3n) is 1.89. The van der Waals surface area contributed by atoms with Gasteiger partial charge in [0.15, 0.2) is 11.3 Å². The van der Waals surface area contributed by atoms with Crippen LogP contribution in [0.1, 0.15) is 5.56 Å². The molecule has 0 unspecified atom stereocenters. The molecule has 0 aromatic heterocycles. The second-order valence-electron chi connectivity index (χ2n) is 2.77. The quantitative estimate of drug-likeness (QED) is 0.438. The third-order valence-corrected chi connectivity index (χ3v) is 1.89. The average Bonchev–Trinajstić information content (AvgIpc) is 2.36. The maximum Gasteiger partial charge on any atom is 0.172 e. The Labute approximate surface area is 92.2 Å². The lowest BCUT2D eigenvalue weighted by molar-refractivity contribution is 0.369. The van der Waals surface area contributed by atoms with Crippen LogP contribution in [0.3, 0.4) is 0 Å². The van der Waals surface area contributed by atoms with Crippen LogP contribution in [0.2, 0.25) is 0 Å². The first-order valence-electron chi connectivity index (χ1n) is 4.29. The van der Waals surface area contributed by atoms with Crippen LogP contribution in [0, 0.1) is 27.6 Å². The lowest BCUT2D eigenvalue weighted by Gasteiger charge is -2.05. The monoisotopic (exact) mass is 213 g/mol. The molecule has 16 heavy (non-hydrogen) atoms. The highest BCUT2D eigenvalue weighted by Crippen LogP contribution is 2.21.